The van der Waals surface area contributed by atoms with E-state index in [1.54, 1.807) is 12.3 Å². The SMILES string of the molecule is Cc1ccnc(C2C(=O)CC2=O)c1. The molecular formula is C10H9NO2. The van der Waals surface area contributed by atoms with Gasteiger partial charge < -0.3 is 0 Å². The van der Waals surface area contributed by atoms with Crippen molar-refractivity contribution in [3.05, 3.63) is 29.6 Å². The fraction of sp³-hybridized carbons (Fsp3) is 0.300. The predicted octanol–water partition coefficient (Wildman–Crippen LogP) is 1.02. The van der Waals surface area contributed by atoms with Crippen LogP contribution in [0.2, 0.25) is 0 Å². The summed E-state index contributed by atoms with van der Waals surface area (Å²) in [6.07, 6.45) is 1.71. The maximum atomic E-state index is 11.1. The molecule has 1 aliphatic rings. The van der Waals surface area contributed by atoms with E-state index in [1.807, 2.05) is 13.0 Å². The first kappa shape index (κ1) is 8.10. The minimum atomic E-state index is -0.570. The number of carbonyl (C=O) groups is 2. The third-order valence-electron chi connectivity index (χ3n) is 2.22. The fourth-order valence-electron chi connectivity index (χ4n) is 1.47. The number of aromatic nitrogens is 1. The van der Waals surface area contributed by atoms with Gasteiger partial charge in [-0.1, -0.05) is 0 Å². The summed E-state index contributed by atoms with van der Waals surface area (Å²) in [5, 5.41) is 0. The molecule has 0 saturated heterocycles. The average molecular weight is 175 g/mol. The van der Waals surface area contributed by atoms with Gasteiger partial charge in [0.2, 0.25) is 0 Å². The average Bonchev–Trinajstić information content (AvgIpc) is 2.03. The Morgan fingerprint density at radius 1 is 1.38 bits per heavy atom. The summed E-state index contributed by atoms with van der Waals surface area (Å²) < 4.78 is 0. The number of ketones is 2. The molecule has 0 aromatic carbocycles. The largest absolute Gasteiger partial charge is 0.298 e. The Hall–Kier alpha value is -1.51. The quantitative estimate of drug-likeness (QED) is 0.598. The lowest BCUT2D eigenvalue weighted by Gasteiger charge is -2.21. The molecule has 66 valence electrons. The van der Waals surface area contributed by atoms with Crippen LogP contribution < -0.4 is 0 Å². The Labute approximate surface area is 75.8 Å². The van der Waals surface area contributed by atoms with Gasteiger partial charge in [0.15, 0.2) is 11.6 Å². The smallest absolute Gasteiger partial charge is 0.156 e. The molecule has 3 heteroatoms. The first-order valence-corrected chi connectivity index (χ1v) is 4.16. The van der Waals surface area contributed by atoms with Crippen LogP contribution in [0.1, 0.15) is 23.6 Å². The summed E-state index contributed by atoms with van der Waals surface area (Å²) in [4.78, 5) is 26.2. The molecule has 0 amide bonds. The second-order valence-electron chi connectivity index (χ2n) is 3.30. The van der Waals surface area contributed by atoms with Crippen molar-refractivity contribution in [1.29, 1.82) is 0 Å². The van der Waals surface area contributed by atoms with E-state index in [0.717, 1.165) is 5.56 Å². The highest BCUT2D eigenvalue weighted by molar-refractivity contribution is 6.24. The van der Waals surface area contributed by atoms with E-state index in [1.165, 1.54) is 0 Å². The van der Waals surface area contributed by atoms with E-state index < -0.39 is 5.92 Å². The van der Waals surface area contributed by atoms with Crippen molar-refractivity contribution in [2.24, 2.45) is 0 Å². The normalized spacial score (nSPS) is 17.3. The molecule has 2 rings (SSSR count). The van der Waals surface area contributed by atoms with Crippen molar-refractivity contribution in [2.75, 3.05) is 0 Å². The van der Waals surface area contributed by atoms with Crippen LogP contribution in [0.3, 0.4) is 0 Å². The second kappa shape index (κ2) is 2.76. The number of nitrogens with zero attached hydrogens (tertiary/aromatic N) is 1. The van der Waals surface area contributed by atoms with Crippen LogP contribution in [0.5, 0.6) is 0 Å². The third-order valence-corrected chi connectivity index (χ3v) is 2.22. The van der Waals surface area contributed by atoms with E-state index in [0.29, 0.717) is 5.69 Å². The molecule has 1 aromatic heterocycles. The van der Waals surface area contributed by atoms with E-state index in [-0.39, 0.29) is 18.0 Å². The molecule has 1 heterocycles. The molecule has 1 aromatic rings. The van der Waals surface area contributed by atoms with Crippen molar-refractivity contribution in [1.82, 2.24) is 4.98 Å². The molecule has 0 bridgehead atoms. The summed E-state index contributed by atoms with van der Waals surface area (Å²) in [6, 6.07) is 3.64. The van der Waals surface area contributed by atoms with Crippen LogP contribution in [0.4, 0.5) is 0 Å². The molecule has 0 atom stereocenters. The Bertz CT molecular complexity index is 370. The zero-order chi connectivity index (χ0) is 9.42. The second-order valence-corrected chi connectivity index (χ2v) is 3.30. The summed E-state index contributed by atoms with van der Waals surface area (Å²) >= 11 is 0. The standard InChI is InChI=1S/C10H9NO2/c1-6-2-3-11-7(4-6)10-8(12)5-9(10)13/h2-4,10H,5H2,1H3. The highest BCUT2D eigenvalue weighted by atomic mass is 16.2. The minimum absolute atomic E-state index is 0.0110. The van der Waals surface area contributed by atoms with Crippen molar-refractivity contribution in [3.8, 4) is 0 Å². The van der Waals surface area contributed by atoms with E-state index in [2.05, 4.69) is 4.98 Å². The van der Waals surface area contributed by atoms with Crippen molar-refractivity contribution in [2.45, 2.75) is 19.3 Å². The monoisotopic (exact) mass is 175 g/mol. The molecule has 0 N–H and O–H groups in total. The van der Waals surface area contributed by atoms with Crippen LogP contribution in [0, 0.1) is 6.92 Å². The van der Waals surface area contributed by atoms with Gasteiger partial charge in [0.25, 0.3) is 0 Å². The zero-order valence-electron chi connectivity index (χ0n) is 7.28. The zero-order valence-corrected chi connectivity index (χ0v) is 7.28. The molecular weight excluding hydrogens is 166 g/mol. The van der Waals surface area contributed by atoms with Crippen LogP contribution in [0.15, 0.2) is 18.3 Å². The molecule has 0 aliphatic heterocycles. The first-order valence-electron chi connectivity index (χ1n) is 4.16. The van der Waals surface area contributed by atoms with Crippen LogP contribution in [-0.2, 0) is 9.59 Å². The molecule has 0 radical (unpaired) electrons. The maximum absolute atomic E-state index is 11.1. The Balaban J connectivity index is 2.35. The summed E-state index contributed by atoms with van der Waals surface area (Å²) in [5.74, 6) is -0.592. The Morgan fingerprint density at radius 2 is 2.08 bits per heavy atom. The van der Waals surface area contributed by atoms with Crippen LogP contribution >= 0.6 is 0 Å². The third kappa shape index (κ3) is 1.26. The van der Waals surface area contributed by atoms with Gasteiger partial charge >= 0.3 is 0 Å². The number of rotatable bonds is 1. The van der Waals surface area contributed by atoms with E-state index in [9.17, 15) is 9.59 Å². The van der Waals surface area contributed by atoms with Crippen molar-refractivity contribution in [3.63, 3.8) is 0 Å². The van der Waals surface area contributed by atoms with Crippen LogP contribution in [-0.4, -0.2) is 16.6 Å². The first-order chi connectivity index (χ1) is 6.18. The van der Waals surface area contributed by atoms with Gasteiger partial charge in [-0.25, -0.2) is 0 Å². The van der Waals surface area contributed by atoms with E-state index in [4.69, 9.17) is 0 Å². The van der Waals surface area contributed by atoms with Gasteiger partial charge in [0, 0.05) is 6.20 Å². The molecule has 3 nitrogen and oxygen atoms in total. The minimum Gasteiger partial charge on any atom is -0.298 e. The highest BCUT2D eigenvalue weighted by Gasteiger charge is 2.40. The number of hydrogen-bond acceptors (Lipinski definition) is 3. The molecule has 13 heavy (non-hydrogen) atoms. The van der Waals surface area contributed by atoms with Gasteiger partial charge in [0.05, 0.1) is 12.1 Å². The number of Topliss-reactive ketones (excluding diaryl/α,β-unsaturated/α-hetero) is 2. The summed E-state index contributed by atoms with van der Waals surface area (Å²) in [5.41, 5.74) is 1.62. The number of hydrogen-bond donors (Lipinski definition) is 0. The topological polar surface area (TPSA) is 47.0 Å². The summed E-state index contributed by atoms with van der Waals surface area (Å²) in [7, 11) is 0. The summed E-state index contributed by atoms with van der Waals surface area (Å²) in [6.45, 7) is 1.92. The molecule has 1 fully saturated rings. The fourth-order valence-corrected chi connectivity index (χ4v) is 1.47. The van der Waals surface area contributed by atoms with Gasteiger partial charge in [-0.05, 0) is 24.6 Å². The van der Waals surface area contributed by atoms with E-state index >= 15 is 0 Å². The molecule has 0 spiro atoms. The highest BCUT2D eigenvalue weighted by Crippen LogP contribution is 2.28. The van der Waals surface area contributed by atoms with Gasteiger partial charge in [-0.2, -0.15) is 0 Å². The Kier molecular flexibility index (Phi) is 1.72. The van der Waals surface area contributed by atoms with Gasteiger partial charge in [-0.3, -0.25) is 14.6 Å². The predicted molar refractivity (Wildman–Crippen MR) is 46.3 cm³/mol. The van der Waals surface area contributed by atoms with Crippen LogP contribution in [0.25, 0.3) is 0 Å². The number of pyridine rings is 1. The lowest BCUT2D eigenvalue weighted by Crippen LogP contribution is -2.35. The van der Waals surface area contributed by atoms with Crippen molar-refractivity contribution >= 4 is 11.6 Å². The molecule has 1 aliphatic carbocycles. The lowest BCUT2D eigenvalue weighted by molar-refractivity contribution is -0.139. The van der Waals surface area contributed by atoms with Gasteiger partial charge in [0.1, 0.15) is 5.92 Å². The number of aryl methyl sites for hydroxylation is 1. The molecule has 0 unspecified atom stereocenters. The number of carbonyl (C=O) groups excluding carboxylic acids is 2. The molecule has 1 saturated carbocycles. The Morgan fingerprint density at radius 3 is 2.62 bits per heavy atom. The maximum Gasteiger partial charge on any atom is 0.156 e. The van der Waals surface area contributed by atoms with Crippen molar-refractivity contribution < 1.29 is 9.59 Å². The van der Waals surface area contributed by atoms with Gasteiger partial charge in [-0.15, -0.1) is 0 Å². The lowest BCUT2D eigenvalue weighted by atomic mass is 9.79.